The topological polar surface area (TPSA) is 40.5 Å². The molecule has 2 nitrogen and oxygen atoms in total. The molecular formula is C8H5BFIO2S. The number of thiophene rings is 1. The summed E-state index contributed by atoms with van der Waals surface area (Å²) in [4.78, 5) is 0. The molecule has 6 heteroatoms. The van der Waals surface area contributed by atoms with E-state index in [1.165, 1.54) is 17.4 Å². The van der Waals surface area contributed by atoms with Crippen LogP contribution in [-0.2, 0) is 0 Å². The number of rotatable bonds is 1. The number of hydrogen-bond donors (Lipinski definition) is 2. The lowest BCUT2D eigenvalue weighted by molar-refractivity contribution is 0.426. The molecule has 0 radical (unpaired) electrons. The standard InChI is InChI=1S/C8H5BFIO2S/c10-5-1-4-2-7(11)14-8(4)6(3-5)9(12)13/h1-3,12-13H. The largest absolute Gasteiger partial charge is 0.490 e. The van der Waals surface area contributed by atoms with Crippen LogP contribution in [0.3, 0.4) is 0 Å². The Morgan fingerprint density at radius 3 is 2.64 bits per heavy atom. The summed E-state index contributed by atoms with van der Waals surface area (Å²) in [5.41, 5.74) is 0.230. The molecule has 72 valence electrons. The lowest BCUT2D eigenvalue weighted by Gasteiger charge is -2.00. The van der Waals surface area contributed by atoms with E-state index in [1.54, 1.807) is 0 Å². The van der Waals surface area contributed by atoms with Crippen LogP contribution < -0.4 is 5.46 Å². The summed E-state index contributed by atoms with van der Waals surface area (Å²) in [5, 5.41) is 18.8. The molecule has 14 heavy (non-hydrogen) atoms. The summed E-state index contributed by atoms with van der Waals surface area (Å²) in [5.74, 6) is -0.449. The molecule has 0 atom stereocenters. The SMILES string of the molecule is OB(O)c1cc(F)cc2cc(I)sc12. The summed E-state index contributed by atoms with van der Waals surface area (Å²) in [7, 11) is -1.62. The molecule has 0 saturated carbocycles. The highest BCUT2D eigenvalue weighted by atomic mass is 127. The fraction of sp³-hybridized carbons (Fsp3) is 0. The lowest BCUT2D eigenvalue weighted by atomic mass is 9.80. The van der Waals surface area contributed by atoms with Crippen molar-refractivity contribution in [2.75, 3.05) is 0 Å². The molecule has 2 rings (SSSR count). The van der Waals surface area contributed by atoms with E-state index < -0.39 is 12.9 Å². The van der Waals surface area contributed by atoms with E-state index in [0.29, 0.717) is 5.39 Å². The Labute approximate surface area is 97.7 Å². The minimum absolute atomic E-state index is 0.230. The molecule has 0 aliphatic rings. The van der Waals surface area contributed by atoms with Crippen molar-refractivity contribution in [2.45, 2.75) is 0 Å². The molecule has 1 heterocycles. The molecule has 0 aliphatic carbocycles. The number of hydrogen-bond acceptors (Lipinski definition) is 3. The van der Waals surface area contributed by atoms with Crippen LogP contribution in [0.25, 0.3) is 10.1 Å². The Hall–Kier alpha value is -0.175. The predicted molar refractivity (Wildman–Crippen MR) is 64.3 cm³/mol. The van der Waals surface area contributed by atoms with Crippen molar-refractivity contribution in [2.24, 2.45) is 0 Å². The van der Waals surface area contributed by atoms with Crippen LogP contribution in [0.15, 0.2) is 18.2 Å². The van der Waals surface area contributed by atoms with E-state index in [-0.39, 0.29) is 5.46 Å². The second-order valence-electron chi connectivity index (χ2n) is 2.84. The molecule has 0 fully saturated rings. The molecule has 2 N–H and O–H groups in total. The van der Waals surface area contributed by atoms with E-state index in [1.807, 2.05) is 6.07 Å². The summed E-state index contributed by atoms with van der Waals surface area (Å²) in [6.45, 7) is 0. The molecule has 1 aromatic heterocycles. The molecule has 2 aromatic rings. The van der Waals surface area contributed by atoms with Crippen LogP contribution in [0.1, 0.15) is 0 Å². The van der Waals surface area contributed by atoms with Crippen molar-refractivity contribution in [1.82, 2.24) is 0 Å². The number of fused-ring (bicyclic) bond motifs is 1. The second kappa shape index (κ2) is 3.76. The fourth-order valence-corrected chi connectivity index (χ4v) is 3.20. The lowest BCUT2D eigenvalue weighted by Crippen LogP contribution is -2.30. The highest BCUT2D eigenvalue weighted by molar-refractivity contribution is 14.1. The van der Waals surface area contributed by atoms with Gasteiger partial charge in [0.2, 0.25) is 0 Å². The van der Waals surface area contributed by atoms with Gasteiger partial charge in [0, 0.05) is 10.2 Å². The maximum Gasteiger partial charge on any atom is 0.490 e. The maximum absolute atomic E-state index is 13.0. The van der Waals surface area contributed by atoms with Gasteiger partial charge in [0.15, 0.2) is 0 Å². The fourth-order valence-electron chi connectivity index (χ4n) is 1.30. The van der Waals surface area contributed by atoms with Crippen molar-refractivity contribution in [3.05, 3.63) is 26.9 Å². The third-order valence-corrected chi connectivity index (χ3v) is 3.82. The zero-order valence-electron chi connectivity index (χ0n) is 6.87. The molecule has 0 amide bonds. The van der Waals surface area contributed by atoms with Gasteiger partial charge < -0.3 is 10.0 Å². The van der Waals surface area contributed by atoms with Gasteiger partial charge in [-0.2, -0.15) is 0 Å². The highest BCUT2D eigenvalue weighted by Gasteiger charge is 2.17. The molecule has 0 bridgehead atoms. The normalized spacial score (nSPS) is 10.9. The van der Waals surface area contributed by atoms with Crippen molar-refractivity contribution in [3.63, 3.8) is 0 Å². The summed E-state index contributed by atoms with van der Waals surface area (Å²) >= 11 is 3.53. The quantitative estimate of drug-likeness (QED) is 0.614. The van der Waals surface area contributed by atoms with Crippen molar-refractivity contribution in [3.8, 4) is 0 Å². The Kier molecular flexibility index (Phi) is 2.78. The van der Waals surface area contributed by atoms with Gasteiger partial charge in [-0.1, -0.05) is 0 Å². The smallest absolute Gasteiger partial charge is 0.423 e. The number of halogens is 2. The van der Waals surface area contributed by atoms with E-state index in [0.717, 1.165) is 13.7 Å². The van der Waals surface area contributed by atoms with Gasteiger partial charge in [-0.05, 0) is 46.2 Å². The zero-order valence-corrected chi connectivity index (χ0v) is 9.84. The predicted octanol–water partition coefficient (Wildman–Crippen LogP) is 1.32. The molecule has 0 aliphatic heterocycles. The monoisotopic (exact) mass is 322 g/mol. The van der Waals surface area contributed by atoms with Crippen molar-refractivity contribution < 1.29 is 14.4 Å². The van der Waals surface area contributed by atoms with Crippen molar-refractivity contribution in [1.29, 1.82) is 0 Å². The molecule has 1 aromatic carbocycles. The minimum atomic E-state index is -1.62. The average molecular weight is 322 g/mol. The van der Waals surface area contributed by atoms with Gasteiger partial charge in [-0.15, -0.1) is 11.3 Å². The second-order valence-corrected chi connectivity index (χ2v) is 5.78. The molecule has 0 saturated heterocycles. The van der Waals surface area contributed by atoms with E-state index in [9.17, 15) is 4.39 Å². The summed E-state index contributed by atoms with van der Waals surface area (Å²) < 4.78 is 14.8. The molecule has 0 spiro atoms. The molecular weight excluding hydrogens is 317 g/mol. The Morgan fingerprint density at radius 1 is 1.29 bits per heavy atom. The Morgan fingerprint density at radius 2 is 2.00 bits per heavy atom. The molecule has 0 unspecified atom stereocenters. The van der Waals surface area contributed by atoms with Gasteiger partial charge in [0.05, 0.1) is 2.88 Å². The van der Waals surface area contributed by atoms with E-state index in [2.05, 4.69) is 22.6 Å². The average Bonchev–Trinajstić information content (AvgIpc) is 2.42. The Balaban J connectivity index is 2.79. The van der Waals surface area contributed by atoms with Gasteiger partial charge in [-0.25, -0.2) is 4.39 Å². The first-order chi connectivity index (χ1) is 6.58. The van der Waals surface area contributed by atoms with Crippen LogP contribution in [0, 0.1) is 8.70 Å². The van der Waals surface area contributed by atoms with Gasteiger partial charge >= 0.3 is 7.12 Å². The van der Waals surface area contributed by atoms with Crippen LogP contribution in [0.5, 0.6) is 0 Å². The van der Waals surface area contributed by atoms with Crippen LogP contribution in [0.4, 0.5) is 4.39 Å². The number of benzene rings is 1. The van der Waals surface area contributed by atoms with Gasteiger partial charge in [0.25, 0.3) is 0 Å². The third-order valence-electron chi connectivity index (χ3n) is 1.86. The van der Waals surface area contributed by atoms with E-state index in [4.69, 9.17) is 10.0 Å². The zero-order chi connectivity index (χ0) is 10.3. The highest BCUT2D eigenvalue weighted by Crippen LogP contribution is 2.26. The first kappa shape index (κ1) is 10.3. The van der Waals surface area contributed by atoms with E-state index >= 15 is 0 Å². The maximum atomic E-state index is 13.0. The summed E-state index contributed by atoms with van der Waals surface area (Å²) in [6, 6.07) is 4.36. The summed E-state index contributed by atoms with van der Waals surface area (Å²) in [6.07, 6.45) is 0. The third kappa shape index (κ3) is 1.79. The first-order valence-electron chi connectivity index (χ1n) is 3.82. The minimum Gasteiger partial charge on any atom is -0.423 e. The van der Waals surface area contributed by atoms with Gasteiger partial charge in [-0.3, -0.25) is 0 Å². The van der Waals surface area contributed by atoms with Crippen LogP contribution >= 0.6 is 33.9 Å². The van der Waals surface area contributed by atoms with Crippen molar-refractivity contribution >= 4 is 56.6 Å². The Bertz CT molecular complexity index is 485. The van der Waals surface area contributed by atoms with Gasteiger partial charge in [0.1, 0.15) is 5.82 Å². The van der Waals surface area contributed by atoms with Crippen LogP contribution in [0.2, 0.25) is 0 Å². The van der Waals surface area contributed by atoms with Crippen LogP contribution in [-0.4, -0.2) is 17.2 Å². The first-order valence-corrected chi connectivity index (χ1v) is 5.72.